The number of nitrogens with zero attached hydrogens (tertiary/aromatic N) is 1. The third-order valence-electron chi connectivity index (χ3n) is 3.96. The molecule has 0 amide bonds. The summed E-state index contributed by atoms with van der Waals surface area (Å²) in [6.45, 7) is 1.67. The molecular formula is C15H23ClN2O4S. The minimum Gasteiger partial charge on any atom is -0.465 e. The number of methoxy groups -OCH3 is 1. The molecule has 8 heteroatoms. The molecule has 0 spiro atoms. The molecule has 1 aromatic carbocycles. The maximum Gasteiger partial charge on any atom is 0.337 e. The van der Waals surface area contributed by atoms with Gasteiger partial charge in [-0.05, 0) is 43.6 Å². The minimum atomic E-state index is -3.41. The Morgan fingerprint density at radius 2 is 2.00 bits per heavy atom. The Bertz CT molecular complexity index is 630. The van der Waals surface area contributed by atoms with Crippen LogP contribution in [0, 0.1) is 0 Å². The van der Waals surface area contributed by atoms with Crippen molar-refractivity contribution in [1.29, 1.82) is 0 Å². The van der Waals surface area contributed by atoms with Crippen molar-refractivity contribution in [1.82, 2.24) is 9.62 Å². The van der Waals surface area contributed by atoms with Gasteiger partial charge in [0.2, 0.25) is 10.0 Å². The lowest BCUT2D eigenvalue weighted by molar-refractivity contribution is 0.0600. The largest absolute Gasteiger partial charge is 0.465 e. The number of ether oxygens (including phenoxy) is 1. The van der Waals surface area contributed by atoms with Crippen molar-refractivity contribution in [2.75, 3.05) is 27.2 Å². The van der Waals surface area contributed by atoms with Crippen molar-refractivity contribution < 1.29 is 17.9 Å². The topological polar surface area (TPSA) is 75.7 Å². The summed E-state index contributed by atoms with van der Waals surface area (Å²) in [6.07, 6.45) is 1.63. The summed E-state index contributed by atoms with van der Waals surface area (Å²) < 4.78 is 31.2. The Balaban J connectivity index is 0.00000264. The number of sulfonamides is 1. The maximum absolute atomic E-state index is 12.5. The van der Waals surface area contributed by atoms with Crippen LogP contribution in [-0.4, -0.2) is 52.0 Å². The van der Waals surface area contributed by atoms with Gasteiger partial charge < -0.3 is 10.1 Å². The van der Waals surface area contributed by atoms with E-state index in [1.54, 1.807) is 31.3 Å². The van der Waals surface area contributed by atoms with Gasteiger partial charge in [0.05, 0.1) is 18.4 Å². The molecule has 1 fully saturated rings. The van der Waals surface area contributed by atoms with E-state index in [2.05, 4.69) is 10.1 Å². The van der Waals surface area contributed by atoms with E-state index >= 15 is 0 Å². The van der Waals surface area contributed by atoms with Crippen LogP contribution < -0.4 is 5.32 Å². The Labute approximate surface area is 143 Å². The van der Waals surface area contributed by atoms with Gasteiger partial charge in [-0.3, -0.25) is 0 Å². The molecule has 6 nitrogen and oxygen atoms in total. The van der Waals surface area contributed by atoms with Gasteiger partial charge in [-0.2, -0.15) is 0 Å². The van der Waals surface area contributed by atoms with E-state index in [9.17, 15) is 13.2 Å². The van der Waals surface area contributed by atoms with Crippen molar-refractivity contribution in [2.24, 2.45) is 0 Å². The number of carbonyl (C=O) groups is 1. The van der Waals surface area contributed by atoms with Gasteiger partial charge in [0, 0.05) is 13.1 Å². The predicted octanol–water partition coefficient (Wildman–Crippen LogP) is 1.41. The molecule has 0 atom stereocenters. The van der Waals surface area contributed by atoms with Gasteiger partial charge in [-0.1, -0.05) is 12.1 Å². The molecule has 2 rings (SSSR count). The number of rotatable bonds is 5. The lowest BCUT2D eigenvalue weighted by Crippen LogP contribution is -2.44. The molecule has 1 aromatic rings. The standard InChI is InChI=1S/C15H22N2O4S.ClH/c1-17(14-6-8-16-9-7-14)22(19,20)11-12-4-3-5-13(10-12)15(18)21-2;/h3-5,10,14,16H,6-9,11H2,1-2H3;1H. The molecule has 0 radical (unpaired) electrons. The Kier molecular flexibility index (Phi) is 7.47. The summed E-state index contributed by atoms with van der Waals surface area (Å²) in [4.78, 5) is 11.5. The van der Waals surface area contributed by atoms with Gasteiger partial charge in [0.25, 0.3) is 0 Å². The molecule has 1 heterocycles. The zero-order valence-electron chi connectivity index (χ0n) is 13.3. The monoisotopic (exact) mass is 362 g/mol. The number of hydrogen-bond donors (Lipinski definition) is 1. The van der Waals surface area contributed by atoms with Gasteiger partial charge >= 0.3 is 5.97 Å². The molecule has 0 bridgehead atoms. The Morgan fingerprint density at radius 3 is 2.61 bits per heavy atom. The fourth-order valence-corrected chi connectivity index (χ4v) is 4.09. The number of nitrogens with one attached hydrogen (secondary N) is 1. The zero-order chi connectivity index (χ0) is 16.2. The van der Waals surface area contributed by atoms with Crippen LogP contribution in [0.5, 0.6) is 0 Å². The first kappa shape index (κ1) is 19.9. The molecule has 1 N–H and O–H groups in total. The lowest BCUT2D eigenvalue weighted by Gasteiger charge is -2.30. The van der Waals surface area contributed by atoms with Crippen molar-refractivity contribution in [3.63, 3.8) is 0 Å². The highest BCUT2D eigenvalue weighted by atomic mass is 35.5. The Hall–Kier alpha value is -1.15. The smallest absolute Gasteiger partial charge is 0.337 e. The molecule has 0 saturated carbocycles. The summed E-state index contributed by atoms with van der Waals surface area (Å²) in [6, 6.07) is 6.59. The summed E-state index contributed by atoms with van der Waals surface area (Å²) >= 11 is 0. The van der Waals surface area contributed by atoms with Crippen molar-refractivity contribution in [3.05, 3.63) is 35.4 Å². The first-order valence-corrected chi connectivity index (χ1v) is 8.88. The fourth-order valence-electron chi connectivity index (χ4n) is 2.62. The molecule has 1 aliphatic heterocycles. The van der Waals surface area contributed by atoms with E-state index in [1.165, 1.54) is 11.4 Å². The van der Waals surface area contributed by atoms with Gasteiger partial charge in [0.15, 0.2) is 0 Å². The molecule has 0 unspecified atom stereocenters. The first-order valence-electron chi connectivity index (χ1n) is 7.28. The van der Waals surface area contributed by atoms with E-state index in [-0.39, 0.29) is 24.2 Å². The fraction of sp³-hybridized carbons (Fsp3) is 0.533. The molecule has 1 saturated heterocycles. The van der Waals surface area contributed by atoms with Gasteiger partial charge in [0.1, 0.15) is 0 Å². The molecular weight excluding hydrogens is 340 g/mol. The van der Waals surface area contributed by atoms with Gasteiger partial charge in [-0.25, -0.2) is 17.5 Å². The zero-order valence-corrected chi connectivity index (χ0v) is 15.0. The van der Waals surface area contributed by atoms with Crippen LogP contribution in [0.4, 0.5) is 0 Å². The second-order valence-electron chi connectivity index (χ2n) is 5.45. The highest BCUT2D eigenvalue weighted by Crippen LogP contribution is 2.18. The van der Waals surface area contributed by atoms with E-state index in [1.807, 2.05) is 0 Å². The van der Waals surface area contributed by atoms with Crippen LogP contribution >= 0.6 is 12.4 Å². The summed E-state index contributed by atoms with van der Waals surface area (Å²) in [5.41, 5.74) is 0.948. The van der Waals surface area contributed by atoms with Gasteiger partial charge in [-0.15, -0.1) is 12.4 Å². The van der Waals surface area contributed by atoms with Crippen molar-refractivity contribution >= 4 is 28.4 Å². The molecule has 130 valence electrons. The summed E-state index contributed by atoms with van der Waals surface area (Å²) in [5, 5.41) is 3.22. The number of esters is 1. The van der Waals surface area contributed by atoms with Crippen LogP contribution in [0.25, 0.3) is 0 Å². The van der Waals surface area contributed by atoms with E-state index in [0.717, 1.165) is 25.9 Å². The first-order chi connectivity index (χ1) is 10.4. The van der Waals surface area contributed by atoms with Crippen molar-refractivity contribution in [2.45, 2.75) is 24.6 Å². The minimum absolute atomic E-state index is 0. The second kappa shape index (κ2) is 8.63. The van der Waals surface area contributed by atoms with E-state index in [0.29, 0.717) is 11.1 Å². The van der Waals surface area contributed by atoms with Crippen LogP contribution in [0.1, 0.15) is 28.8 Å². The number of hydrogen-bond acceptors (Lipinski definition) is 5. The van der Waals surface area contributed by atoms with Crippen LogP contribution in [-0.2, 0) is 20.5 Å². The summed E-state index contributed by atoms with van der Waals surface area (Å²) in [5.74, 6) is -0.580. The molecule has 1 aliphatic rings. The summed E-state index contributed by atoms with van der Waals surface area (Å²) in [7, 11) is -0.472. The maximum atomic E-state index is 12.5. The number of halogens is 1. The average molecular weight is 363 g/mol. The quantitative estimate of drug-likeness (QED) is 0.801. The lowest BCUT2D eigenvalue weighted by atomic mass is 10.1. The number of benzene rings is 1. The Morgan fingerprint density at radius 1 is 1.35 bits per heavy atom. The highest BCUT2D eigenvalue weighted by Gasteiger charge is 2.27. The predicted molar refractivity (Wildman–Crippen MR) is 91.3 cm³/mol. The van der Waals surface area contributed by atoms with Crippen LogP contribution in [0.2, 0.25) is 0 Å². The average Bonchev–Trinajstić information content (AvgIpc) is 2.54. The van der Waals surface area contributed by atoms with E-state index in [4.69, 9.17) is 0 Å². The molecule has 0 aliphatic carbocycles. The number of piperidine rings is 1. The van der Waals surface area contributed by atoms with Crippen LogP contribution in [0.15, 0.2) is 24.3 Å². The normalized spacial score (nSPS) is 16.0. The van der Waals surface area contributed by atoms with Crippen LogP contribution in [0.3, 0.4) is 0 Å². The van der Waals surface area contributed by atoms with E-state index < -0.39 is 16.0 Å². The molecule has 23 heavy (non-hydrogen) atoms. The number of carbonyl (C=O) groups excluding carboxylic acids is 1. The third-order valence-corrected chi connectivity index (χ3v) is 5.83. The SMILES string of the molecule is COC(=O)c1cccc(CS(=O)(=O)N(C)C2CCNCC2)c1.Cl. The second-order valence-corrected chi connectivity index (χ2v) is 7.47. The third kappa shape index (κ3) is 5.17. The van der Waals surface area contributed by atoms with Crippen molar-refractivity contribution in [3.8, 4) is 0 Å². The highest BCUT2D eigenvalue weighted by molar-refractivity contribution is 7.88. The molecule has 0 aromatic heterocycles.